The number of halogens is 1. The summed E-state index contributed by atoms with van der Waals surface area (Å²) in [5.74, 6) is -0.279. The van der Waals surface area contributed by atoms with Crippen LogP contribution in [0.1, 0.15) is 6.42 Å². The first kappa shape index (κ1) is 9.97. The molecule has 0 aliphatic heterocycles. The highest BCUT2D eigenvalue weighted by molar-refractivity contribution is 6.19. The van der Waals surface area contributed by atoms with E-state index in [4.69, 9.17) is 17.3 Å². The predicted molar refractivity (Wildman–Crippen MR) is 42.0 cm³/mol. The van der Waals surface area contributed by atoms with Crippen LogP contribution in [0.5, 0.6) is 0 Å². The summed E-state index contributed by atoms with van der Waals surface area (Å²) in [6.07, 6.45) is 1.15. The number of nitrogens with two attached hydrogens (primary N) is 1. The lowest BCUT2D eigenvalue weighted by atomic mass is 10.4. The van der Waals surface area contributed by atoms with Gasteiger partial charge in [0.1, 0.15) is 0 Å². The van der Waals surface area contributed by atoms with Gasteiger partial charge in [-0.25, -0.2) is 9.69 Å². The zero-order valence-corrected chi connectivity index (χ0v) is 6.67. The number of amides is 3. The summed E-state index contributed by atoms with van der Waals surface area (Å²) >= 11 is 5.27. The molecule has 0 aromatic carbocycles. The molecule has 0 spiro atoms. The molecule has 0 aliphatic carbocycles. The van der Waals surface area contributed by atoms with E-state index in [0.29, 0.717) is 0 Å². The second-order valence-electron chi connectivity index (χ2n) is 1.72. The molecular weight excluding hydrogens is 168 g/mol. The van der Waals surface area contributed by atoms with Crippen LogP contribution in [0.3, 0.4) is 0 Å². The quantitative estimate of drug-likeness (QED) is 0.643. The Balaban J connectivity index is 4.14. The van der Waals surface area contributed by atoms with Crippen LogP contribution in [-0.4, -0.2) is 22.7 Å². The molecule has 0 fully saturated rings. The average molecular weight is 177 g/mol. The number of rotatable bonds is 3. The van der Waals surface area contributed by atoms with Gasteiger partial charge in [-0.3, -0.25) is 4.79 Å². The molecule has 0 bridgehead atoms. The third-order valence-corrected chi connectivity index (χ3v) is 1.19. The van der Waals surface area contributed by atoms with Crippen molar-refractivity contribution in [1.29, 1.82) is 0 Å². The summed E-state index contributed by atoms with van der Waals surface area (Å²) in [6.45, 7) is 3.25. The summed E-state index contributed by atoms with van der Waals surface area (Å²) in [5.41, 5.74) is 4.83. The van der Waals surface area contributed by atoms with Crippen molar-refractivity contribution in [2.75, 3.05) is 5.88 Å². The van der Waals surface area contributed by atoms with Gasteiger partial charge in [-0.05, 0) is 0 Å². The van der Waals surface area contributed by atoms with E-state index < -0.39 is 11.9 Å². The highest BCUT2D eigenvalue weighted by atomic mass is 35.5. The maximum Gasteiger partial charge on any atom is 0.325 e. The molecule has 0 aromatic heterocycles. The van der Waals surface area contributed by atoms with Gasteiger partial charge in [0.2, 0.25) is 5.91 Å². The summed E-state index contributed by atoms with van der Waals surface area (Å²) in [6, 6.07) is -0.838. The van der Waals surface area contributed by atoms with E-state index in [2.05, 4.69) is 6.58 Å². The zero-order chi connectivity index (χ0) is 8.85. The molecule has 0 rings (SSSR count). The Labute approximate surface area is 69.6 Å². The van der Waals surface area contributed by atoms with Gasteiger partial charge in [-0.1, -0.05) is 6.58 Å². The lowest BCUT2D eigenvalue weighted by Crippen LogP contribution is -2.36. The molecule has 0 radical (unpaired) electrons. The fourth-order valence-electron chi connectivity index (χ4n) is 0.516. The first-order valence-corrected chi connectivity index (χ1v) is 3.47. The van der Waals surface area contributed by atoms with Crippen LogP contribution in [-0.2, 0) is 4.79 Å². The highest BCUT2D eigenvalue weighted by Crippen LogP contribution is 1.95. The number of hydrogen-bond donors (Lipinski definition) is 1. The highest BCUT2D eigenvalue weighted by Gasteiger charge is 2.13. The van der Waals surface area contributed by atoms with Gasteiger partial charge in [0, 0.05) is 18.5 Å². The van der Waals surface area contributed by atoms with Crippen molar-refractivity contribution in [3.8, 4) is 0 Å². The maximum atomic E-state index is 10.9. The maximum absolute atomic E-state index is 10.9. The Morgan fingerprint density at radius 2 is 2.18 bits per heavy atom. The summed E-state index contributed by atoms with van der Waals surface area (Å²) in [5, 5.41) is 0. The van der Waals surface area contributed by atoms with E-state index in [1.165, 1.54) is 0 Å². The summed E-state index contributed by atoms with van der Waals surface area (Å²) < 4.78 is 0. The van der Waals surface area contributed by atoms with Gasteiger partial charge in [0.15, 0.2) is 0 Å². The number of carbonyl (C=O) groups excluding carboxylic acids is 2. The van der Waals surface area contributed by atoms with E-state index in [1.807, 2.05) is 0 Å². The summed E-state index contributed by atoms with van der Waals surface area (Å²) in [4.78, 5) is 22.1. The van der Waals surface area contributed by atoms with Gasteiger partial charge in [0.25, 0.3) is 0 Å². The van der Waals surface area contributed by atoms with Crippen molar-refractivity contribution in [2.45, 2.75) is 6.42 Å². The van der Waals surface area contributed by atoms with Gasteiger partial charge >= 0.3 is 6.03 Å². The van der Waals surface area contributed by atoms with Crippen LogP contribution < -0.4 is 5.73 Å². The molecule has 0 heterocycles. The molecule has 11 heavy (non-hydrogen) atoms. The lowest BCUT2D eigenvalue weighted by Gasteiger charge is -2.11. The van der Waals surface area contributed by atoms with Crippen molar-refractivity contribution in [3.63, 3.8) is 0 Å². The van der Waals surface area contributed by atoms with Crippen LogP contribution in [0.25, 0.3) is 0 Å². The summed E-state index contributed by atoms with van der Waals surface area (Å²) in [7, 11) is 0. The topological polar surface area (TPSA) is 63.4 Å². The van der Waals surface area contributed by atoms with Crippen LogP contribution in [0.4, 0.5) is 4.79 Å². The van der Waals surface area contributed by atoms with E-state index in [9.17, 15) is 9.59 Å². The third kappa shape index (κ3) is 3.04. The fraction of sp³-hybridized carbons (Fsp3) is 0.333. The molecule has 0 atom stereocenters. The molecule has 0 saturated heterocycles. The number of primary amides is 1. The molecule has 0 aliphatic rings. The molecule has 3 amide bonds. The Bertz CT molecular complexity index is 181. The minimum Gasteiger partial charge on any atom is -0.351 e. The Hall–Kier alpha value is -1.03. The Kier molecular flexibility index (Phi) is 4.29. The van der Waals surface area contributed by atoms with E-state index in [1.54, 1.807) is 0 Å². The van der Waals surface area contributed by atoms with Crippen molar-refractivity contribution >= 4 is 23.5 Å². The monoisotopic (exact) mass is 176 g/mol. The van der Waals surface area contributed by atoms with Crippen LogP contribution in [0.2, 0.25) is 0 Å². The first-order chi connectivity index (χ1) is 5.13. The molecule has 2 N–H and O–H groups in total. The third-order valence-electron chi connectivity index (χ3n) is 0.997. The molecule has 4 nitrogen and oxygen atoms in total. The van der Waals surface area contributed by atoms with Crippen LogP contribution in [0.15, 0.2) is 12.8 Å². The van der Waals surface area contributed by atoms with Crippen LogP contribution >= 0.6 is 11.6 Å². The van der Waals surface area contributed by atoms with Crippen molar-refractivity contribution in [3.05, 3.63) is 12.8 Å². The van der Waals surface area contributed by atoms with Gasteiger partial charge in [-0.2, -0.15) is 0 Å². The SMILES string of the molecule is C=CN(C(N)=O)C(=O)CCCl. The average Bonchev–Trinajstić information content (AvgIpc) is 1.88. The lowest BCUT2D eigenvalue weighted by molar-refractivity contribution is -0.125. The molecule has 62 valence electrons. The Morgan fingerprint density at radius 3 is 2.45 bits per heavy atom. The standard InChI is InChI=1S/C6H9ClN2O2/c1-2-9(6(8)11)5(10)3-4-7/h2H,1,3-4H2,(H2,8,11). The van der Waals surface area contributed by atoms with E-state index >= 15 is 0 Å². The smallest absolute Gasteiger partial charge is 0.325 e. The largest absolute Gasteiger partial charge is 0.351 e. The second kappa shape index (κ2) is 4.73. The van der Waals surface area contributed by atoms with Gasteiger partial charge in [0.05, 0.1) is 0 Å². The first-order valence-electron chi connectivity index (χ1n) is 2.93. The van der Waals surface area contributed by atoms with Gasteiger partial charge < -0.3 is 5.73 Å². The van der Waals surface area contributed by atoms with Crippen molar-refractivity contribution in [2.24, 2.45) is 5.73 Å². The number of hydrogen-bond acceptors (Lipinski definition) is 2. The van der Waals surface area contributed by atoms with E-state index in [-0.39, 0.29) is 12.3 Å². The molecular formula is C6H9ClN2O2. The minimum absolute atomic E-state index is 0.0799. The van der Waals surface area contributed by atoms with E-state index in [0.717, 1.165) is 11.1 Å². The normalized spacial score (nSPS) is 8.82. The van der Waals surface area contributed by atoms with Crippen LogP contribution in [0, 0.1) is 0 Å². The molecule has 5 heteroatoms. The fourth-order valence-corrected chi connectivity index (χ4v) is 0.678. The number of urea groups is 1. The minimum atomic E-state index is -0.838. The van der Waals surface area contributed by atoms with Gasteiger partial charge in [-0.15, -0.1) is 11.6 Å². The molecule has 0 saturated carbocycles. The Morgan fingerprint density at radius 1 is 1.64 bits per heavy atom. The second-order valence-corrected chi connectivity index (χ2v) is 2.10. The zero-order valence-electron chi connectivity index (χ0n) is 5.92. The number of imide groups is 1. The number of alkyl halides is 1. The molecule has 0 unspecified atom stereocenters. The predicted octanol–water partition coefficient (Wildman–Crippen LogP) is 0.666. The molecule has 0 aromatic rings. The number of nitrogens with zero attached hydrogens (tertiary/aromatic N) is 1. The van der Waals surface area contributed by atoms with Crippen molar-refractivity contribution in [1.82, 2.24) is 4.90 Å². The van der Waals surface area contributed by atoms with Crippen molar-refractivity contribution < 1.29 is 9.59 Å². The number of carbonyl (C=O) groups is 2.